The number of halogens is 3. The molecule has 0 aliphatic rings. The highest BCUT2D eigenvalue weighted by Gasteiger charge is 2.28. The van der Waals surface area contributed by atoms with Crippen LogP contribution in [0.2, 0.25) is 0 Å². The Balaban J connectivity index is 2.57. The van der Waals surface area contributed by atoms with Crippen molar-refractivity contribution >= 4 is 28.2 Å². The number of aromatic carboxylic acids is 1. The van der Waals surface area contributed by atoms with E-state index in [1.54, 1.807) is 0 Å². The number of alkyl halides is 3. The summed E-state index contributed by atoms with van der Waals surface area (Å²) in [6.07, 6.45) is -6.35. The van der Waals surface area contributed by atoms with E-state index in [-0.39, 0.29) is 10.6 Å². The van der Waals surface area contributed by atoms with E-state index in [2.05, 4.69) is 5.32 Å². The van der Waals surface area contributed by atoms with Gasteiger partial charge in [0, 0.05) is 6.42 Å². The van der Waals surface area contributed by atoms with Crippen molar-refractivity contribution in [1.29, 1.82) is 0 Å². The van der Waals surface area contributed by atoms with Crippen LogP contribution in [-0.2, 0) is 4.79 Å². The molecular weight excluding hydrogens is 259 g/mol. The van der Waals surface area contributed by atoms with E-state index in [4.69, 9.17) is 5.11 Å². The first kappa shape index (κ1) is 13.5. The molecule has 1 rings (SSSR count). The van der Waals surface area contributed by atoms with Gasteiger partial charge in [0.1, 0.15) is 5.00 Å². The van der Waals surface area contributed by atoms with Crippen LogP contribution >= 0.6 is 11.3 Å². The van der Waals surface area contributed by atoms with Gasteiger partial charge in [-0.25, -0.2) is 4.79 Å². The lowest BCUT2D eigenvalue weighted by Gasteiger charge is -2.06. The standard InChI is InChI=1S/C9H8F3NO3S/c10-9(11,12)3-1-6(14)13-7-5(8(15)16)2-4-17-7/h2,4H,1,3H2,(H,13,14)(H,15,16). The summed E-state index contributed by atoms with van der Waals surface area (Å²) in [7, 11) is 0. The Morgan fingerprint density at radius 1 is 1.41 bits per heavy atom. The Kier molecular flexibility index (Phi) is 4.11. The first-order chi connectivity index (χ1) is 7.79. The lowest BCUT2D eigenvalue weighted by atomic mass is 10.3. The molecule has 1 heterocycles. The lowest BCUT2D eigenvalue weighted by molar-refractivity contribution is -0.142. The second-order valence-electron chi connectivity index (χ2n) is 3.13. The predicted octanol–water partition coefficient (Wildman–Crippen LogP) is 2.73. The fraction of sp³-hybridized carbons (Fsp3) is 0.333. The number of hydrogen-bond donors (Lipinski definition) is 2. The van der Waals surface area contributed by atoms with Gasteiger partial charge in [-0.2, -0.15) is 13.2 Å². The third-order valence-corrected chi connectivity index (χ3v) is 2.61. The first-order valence-corrected chi connectivity index (χ1v) is 5.35. The Labute approximate surface area is 98.1 Å². The maximum atomic E-state index is 11.8. The van der Waals surface area contributed by atoms with E-state index >= 15 is 0 Å². The normalized spacial score (nSPS) is 11.2. The summed E-state index contributed by atoms with van der Waals surface area (Å²) in [6.45, 7) is 0. The van der Waals surface area contributed by atoms with Crippen LogP contribution < -0.4 is 5.32 Å². The van der Waals surface area contributed by atoms with Crippen LogP contribution in [0.15, 0.2) is 11.4 Å². The molecule has 4 nitrogen and oxygen atoms in total. The SMILES string of the molecule is O=C(CCC(F)(F)F)Nc1sccc1C(=O)O. The van der Waals surface area contributed by atoms with Crippen molar-refractivity contribution < 1.29 is 27.9 Å². The highest BCUT2D eigenvalue weighted by atomic mass is 32.1. The molecule has 1 amide bonds. The Bertz CT molecular complexity index is 427. The summed E-state index contributed by atoms with van der Waals surface area (Å²) in [4.78, 5) is 21.8. The summed E-state index contributed by atoms with van der Waals surface area (Å²) >= 11 is 0.946. The number of hydrogen-bond acceptors (Lipinski definition) is 3. The zero-order chi connectivity index (χ0) is 13.1. The largest absolute Gasteiger partial charge is 0.478 e. The molecule has 1 aromatic rings. The molecule has 17 heavy (non-hydrogen) atoms. The van der Waals surface area contributed by atoms with Crippen LogP contribution in [0, 0.1) is 0 Å². The average molecular weight is 267 g/mol. The predicted molar refractivity (Wildman–Crippen MR) is 55.2 cm³/mol. The molecule has 0 aliphatic carbocycles. The second-order valence-corrected chi connectivity index (χ2v) is 4.05. The minimum atomic E-state index is -4.40. The van der Waals surface area contributed by atoms with Crippen molar-refractivity contribution in [3.63, 3.8) is 0 Å². The van der Waals surface area contributed by atoms with E-state index in [1.807, 2.05) is 0 Å². The van der Waals surface area contributed by atoms with Gasteiger partial charge in [-0.1, -0.05) is 0 Å². The monoisotopic (exact) mass is 267 g/mol. The van der Waals surface area contributed by atoms with Crippen LogP contribution in [0.25, 0.3) is 0 Å². The molecule has 0 radical (unpaired) electrons. The zero-order valence-corrected chi connectivity index (χ0v) is 9.19. The van der Waals surface area contributed by atoms with Gasteiger partial charge in [-0.3, -0.25) is 4.79 Å². The molecule has 0 saturated carbocycles. The van der Waals surface area contributed by atoms with Crippen molar-refractivity contribution in [2.45, 2.75) is 19.0 Å². The number of rotatable bonds is 4. The van der Waals surface area contributed by atoms with E-state index < -0.39 is 30.9 Å². The molecule has 2 N–H and O–H groups in total. The number of thiophene rings is 1. The van der Waals surface area contributed by atoms with E-state index in [1.165, 1.54) is 11.4 Å². The molecule has 94 valence electrons. The van der Waals surface area contributed by atoms with Gasteiger partial charge < -0.3 is 10.4 Å². The quantitative estimate of drug-likeness (QED) is 0.881. The maximum absolute atomic E-state index is 11.8. The van der Waals surface area contributed by atoms with Gasteiger partial charge in [0.2, 0.25) is 5.91 Å². The van der Waals surface area contributed by atoms with E-state index in [0.29, 0.717) is 0 Å². The summed E-state index contributed by atoms with van der Waals surface area (Å²) in [5.74, 6) is -2.09. The smallest absolute Gasteiger partial charge is 0.389 e. The summed E-state index contributed by atoms with van der Waals surface area (Å²) in [6, 6.07) is 1.27. The fourth-order valence-electron chi connectivity index (χ4n) is 1.02. The topological polar surface area (TPSA) is 66.4 Å². The van der Waals surface area contributed by atoms with Crippen molar-refractivity contribution in [2.75, 3.05) is 5.32 Å². The number of carboxylic acid groups (broad SMARTS) is 1. The Hall–Kier alpha value is -1.57. The van der Waals surface area contributed by atoms with Crippen LogP contribution in [0.4, 0.5) is 18.2 Å². The fourth-order valence-corrected chi connectivity index (χ4v) is 1.81. The molecule has 0 aromatic carbocycles. The van der Waals surface area contributed by atoms with Gasteiger partial charge in [0.15, 0.2) is 0 Å². The highest BCUT2D eigenvalue weighted by molar-refractivity contribution is 7.14. The van der Waals surface area contributed by atoms with Crippen LogP contribution in [0.1, 0.15) is 23.2 Å². The summed E-state index contributed by atoms with van der Waals surface area (Å²) in [5, 5.41) is 12.3. The van der Waals surface area contributed by atoms with Crippen molar-refractivity contribution in [3.05, 3.63) is 17.0 Å². The van der Waals surface area contributed by atoms with Gasteiger partial charge in [0.25, 0.3) is 0 Å². The highest BCUT2D eigenvalue weighted by Crippen LogP contribution is 2.25. The van der Waals surface area contributed by atoms with Crippen molar-refractivity contribution in [2.24, 2.45) is 0 Å². The molecule has 1 aromatic heterocycles. The van der Waals surface area contributed by atoms with Crippen molar-refractivity contribution in [3.8, 4) is 0 Å². The van der Waals surface area contributed by atoms with Gasteiger partial charge in [-0.05, 0) is 11.4 Å². The number of carbonyl (C=O) groups is 2. The zero-order valence-electron chi connectivity index (χ0n) is 8.37. The number of nitrogens with one attached hydrogen (secondary N) is 1. The maximum Gasteiger partial charge on any atom is 0.389 e. The number of carboxylic acids is 1. The van der Waals surface area contributed by atoms with Crippen LogP contribution in [0.3, 0.4) is 0 Å². The molecule has 0 aliphatic heterocycles. The number of carbonyl (C=O) groups excluding carboxylic acids is 1. The van der Waals surface area contributed by atoms with E-state index in [9.17, 15) is 22.8 Å². The minimum Gasteiger partial charge on any atom is -0.478 e. The molecule has 8 heteroatoms. The number of anilines is 1. The molecule has 0 atom stereocenters. The molecule has 0 fully saturated rings. The molecule has 0 unspecified atom stereocenters. The third kappa shape index (κ3) is 4.43. The Morgan fingerprint density at radius 2 is 2.06 bits per heavy atom. The molecule has 0 saturated heterocycles. The number of amides is 1. The molecular formula is C9H8F3NO3S. The van der Waals surface area contributed by atoms with E-state index in [0.717, 1.165) is 11.3 Å². The van der Waals surface area contributed by atoms with Crippen LogP contribution in [0.5, 0.6) is 0 Å². The third-order valence-electron chi connectivity index (χ3n) is 1.78. The van der Waals surface area contributed by atoms with Gasteiger partial charge in [-0.15, -0.1) is 11.3 Å². The van der Waals surface area contributed by atoms with Gasteiger partial charge >= 0.3 is 12.1 Å². The summed E-state index contributed by atoms with van der Waals surface area (Å²) in [5.41, 5.74) is -0.129. The first-order valence-electron chi connectivity index (χ1n) is 4.47. The molecule has 0 bridgehead atoms. The lowest BCUT2D eigenvalue weighted by Crippen LogP contribution is -2.17. The van der Waals surface area contributed by atoms with Crippen LogP contribution in [-0.4, -0.2) is 23.2 Å². The minimum absolute atomic E-state index is 0.0460. The molecule has 0 spiro atoms. The summed E-state index contributed by atoms with van der Waals surface area (Å²) < 4.78 is 35.5. The van der Waals surface area contributed by atoms with Crippen molar-refractivity contribution in [1.82, 2.24) is 0 Å². The van der Waals surface area contributed by atoms with Gasteiger partial charge in [0.05, 0.1) is 12.0 Å². The Morgan fingerprint density at radius 3 is 2.59 bits per heavy atom. The second kappa shape index (κ2) is 5.17. The average Bonchev–Trinajstić information content (AvgIpc) is 2.62.